The Morgan fingerprint density at radius 3 is 2.58 bits per heavy atom. The molecular weight excluding hydrogens is 406 g/mol. The number of nitrogens with zero attached hydrogens (tertiary/aromatic N) is 3. The van der Waals surface area contributed by atoms with Crippen LogP contribution in [0.4, 0.5) is 5.69 Å². The summed E-state index contributed by atoms with van der Waals surface area (Å²) >= 11 is 0. The highest BCUT2D eigenvalue weighted by molar-refractivity contribution is 5.93. The summed E-state index contributed by atoms with van der Waals surface area (Å²) in [6.07, 6.45) is 8.94. The average molecular weight is 444 g/mol. The van der Waals surface area contributed by atoms with Crippen molar-refractivity contribution >= 4 is 17.6 Å². The van der Waals surface area contributed by atoms with Crippen LogP contribution in [0.15, 0.2) is 52.7 Å². The quantitative estimate of drug-likeness (QED) is 0.420. The normalized spacial score (nSPS) is 29.7. The first-order valence-corrected chi connectivity index (χ1v) is 12.8. The monoisotopic (exact) mass is 443 g/mol. The lowest BCUT2D eigenvalue weighted by Crippen LogP contribution is -2.42. The van der Waals surface area contributed by atoms with Crippen LogP contribution >= 0.6 is 0 Å². The molecule has 1 N–H and O–H groups in total. The van der Waals surface area contributed by atoms with Gasteiger partial charge in [-0.2, -0.15) is 10.2 Å². The molecule has 2 aromatic carbocycles. The number of hydrogen-bond donors (Lipinski definition) is 1. The zero-order valence-corrected chi connectivity index (χ0v) is 20.3. The molecule has 3 aliphatic rings. The molecular formula is C29H37N3O. The summed E-state index contributed by atoms with van der Waals surface area (Å²) in [4.78, 5) is 2.35. The largest absolute Gasteiger partial charge is 0.508 e. The number of hydrogen-bond acceptors (Lipinski definition) is 4. The number of benzene rings is 2. The van der Waals surface area contributed by atoms with Crippen molar-refractivity contribution in [2.75, 3.05) is 18.0 Å². The van der Waals surface area contributed by atoms with Crippen LogP contribution < -0.4 is 4.90 Å². The van der Waals surface area contributed by atoms with Gasteiger partial charge >= 0.3 is 0 Å². The van der Waals surface area contributed by atoms with Gasteiger partial charge in [0.1, 0.15) is 5.75 Å². The number of rotatable bonds is 5. The molecule has 0 aromatic heterocycles. The van der Waals surface area contributed by atoms with E-state index in [9.17, 15) is 5.11 Å². The van der Waals surface area contributed by atoms with Gasteiger partial charge in [0, 0.05) is 29.9 Å². The fourth-order valence-electron chi connectivity index (χ4n) is 7.05. The highest BCUT2D eigenvalue weighted by atomic mass is 16.3. The summed E-state index contributed by atoms with van der Waals surface area (Å²) in [5.74, 6) is 2.47. The zero-order valence-electron chi connectivity index (χ0n) is 20.3. The second kappa shape index (κ2) is 8.96. The topological polar surface area (TPSA) is 48.2 Å². The van der Waals surface area contributed by atoms with Crippen molar-refractivity contribution < 1.29 is 5.11 Å². The van der Waals surface area contributed by atoms with E-state index in [1.54, 1.807) is 0 Å². The fourth-order valence-corrected chi connectivity index (χ4v) is 7.05. The van der Waals surface area contributed by atoms with Crippen LogP contribution in [-0.2, 0) is 6.42 Å². The fraction of sp³-hybridized carbons (Fsp3) is 0.517. The van der Waals surface area contributed by atoms with Gasteiger partial charge in [-0.1, -0.05) is 25.1 Å². The molecule has 4 heteroatoms. The molecule has 4 nitrogen and oxygen atoms in total. The summed E-state index contributed by atoms with van der Waals surface area (Å²) in [5.41, 5.74) is 6.70. The van der Waals surface area contributed by atoms with Crippen molar-refractivity contribution in [2.24, 2.45) is 27.5 Å². The van der Waals surface area contributed by atoms with Gasteiger partial charge in [-0.15, -0.1) is 0 Å². The average Bonchev–Trinajstić information content (AvgIpc) is 3.17. The van der Waals surface area contributed by atoms with E-state index in [0.717, 1.165) is 37.4 Å². The highest BCUT2D eigenvalue weighted by Crippen LogP contribution is 2.60. The second-order valence-corrected chi connectivity index (χ2v) is 10.3. The molecule has 2 aromatic rings. The Hall–Kier alpha value is -2.62. The van der Waals surface area contributed by atoms with Crippen LogP contribution in [0.3, 0.4) is 0 Å². The van der Waals surface area contributed by atoms with Crippen LogP contribution in [0.2, 0.25) is 0 Å². The van der Waals surface area contributed by atoms with Crippen molar-refractivity contribution in [3.63, 3.8) is 0 Å². The number of aromatic hydroxyl groups is 1. The van der Waals surface area contributed by atoms with Crippen molar-refractivity contribution in [1.29, 1.82) is 0 Å². The van der Waals surface area contributed by atoms with Gasteiger partial charge in [0.2, 0.25) is 0 Å². The van der Waals surface area contributed by atoms with Gasteiger partial charge in [0.25, 0.3) is 0 Å². The Bertz CT molecular complexity index is 1050. The van der Waals surface area contributed by atoms with Crippen LogP contribution in [0.25, 0.3) is 0 Å². The van der Waals surface area contributed by atoms with E-state index >= 15 is 0 Å². The molecule has 3 aliphatic carbocycles. The van der Waals surface area contributed by atoms with E-state index < -0.39 is 0 Å². The van der Waals surface area contributed by atoms with E-state index in [1.165, 1.54) is 48.2 Å². The van der Waals surface area contributed by atoms with Gasteiger partial charge < -0.3 is 10.0 Å². The van der Waals surface area contributed by atoms with Crippen LogP contribution in [0.5, 0.6) is 5.75 Å². The van der Waals surface area contributed by atoms with Crippen LogP contribution in [-0.4, -0.2) is 30.1 Å². The minimum atomic E-state index is 0.180. The Morgan fingerprint density at radius 1 is 1.03 bits per heavy atom. The molecule has 0 amide bonds. The van der Waals surface area contributed by atoms with Gasteiger partial charge in [0.05, 0.1) is 6.21 Å². The molecule has 2 fully saturated rings. The predicted octanol–water partition coefficient (Wildman–Crippen LogP) is 6.57. The van der Waals surface area contributed by atoms with Crippen molar-refractivity contribution in [2.45, 2.75) is 65.2 Å². The van der Waals surface area contributed by atoms with Gasteiger partial charge in [0.15, 0.2) is 0 Å². The molecule has 0 aliphatic heterocycles. The molecule has 0 bridgehead atoms. The smallest absolute Gasteiger partial charge is 0.115 e. The second-order valence-electron chi connectivity index (χ2n) is 10.3. The van der Waals surface area contributed by atoms with E-state index in [-0.39, 0.29) is 5.41 Å². The first-order valence-electron chi connectivity index (χ1n) is 12.8. The molecule has 0 unspecified atom stereocenters. The van der Waals surface area contributed by atoms with Crippen molar-refractivity contribution in [3.05, 3.63) is 59.2 Å². The third kappa shape index (κ3) is 3.98. The molecule has 0 spiro atoms. The lowest BCUT2D eigenvalue weighted by atomic mass is 9.55. The van der Waals surface area contributed by atoms with Gasteiger partial charge in [-0.05, 0) is 111 Å². The lowest BCUT2D eigenvalue weighted by Gasteiger charge is -2.49. The number of anilines is 1. The van der Waals surface area contributed by atoms with E-state index in [1.807, 2.05) is 18.3 Å². The number of phenolic OH excluding ortho intramolecular Hbond substituents is 1. The third-order valence-corrected chi connectivity index (χ3v) is 8.86. The maximum atomic E-state index is 9.90. The van der Waals surface area contributed by atoms with Crippen molar-refractivity contribution in [1.82, 2.24) is 0 Å². The molecule has 2 saturated carbocycles. The van der Waals surface area contributed by atoms with E-state index in [2.05, 4.69) is 61.1 Å². The molecule has 0 radical (unpaired) electrons. The van der Waals surface area contributed by atoms with Crippen molar-refractivity contribution in [3.8, 4) is 5.75 Å². The standard InChI is InChI=1S/C29H37N3O/c1-4-32(5-2)22-9-6-20(7-10-22)19-30-31-28-15-14-27-26-12-8-21-18-23(33)11-13-24(21)25(26)16-17-29(27,28)3/h6-7,9-11,13,18-19,25-27,33H,4-5,8,12,14-17H2,1-3H3/b30-19-,31-28-/t25-,26+,27+,29-/m0/s1. The summed E-state index contributed by atoms with van der Waals surface area (Å²) in [6, 6.07) is 14.7. The number of aryl methyl sites for hydroxylation is 1. The number of fused-ring (bicyclic) bond motifs is 5. The summed E-state index contributed by atoms with van der Waals surface area (Å²) < 4.78 is 0. The first kappa shape index (κ1) is 22.2. The van der Waals surface area contributed by atoms with Crippen LogP contribution in [0.1, 0.15) is 75.5 Å². The summed E-state index contributed by atoms with van der Waals surface area (Å²) in [6.45, 7) is 8.87. The third-order valence-electron chi connectivity index (χ3n) is 8.86. The molecule has 33 heavy (non-hydrogen) atoms. The van der Waals surface area contributed by atoms with Gasteiger partial charge in [-0.3, -0.25) is 0 Å². The first-order chi connectivity index (χ1) is 16.0. The molecule has 0 heterocycles. The van der Waals surface area contributed by atoms with Crippen LogP contribution in [0, 0.1) is 17.3 Å². The Morgan fingerprint density at radius 2 is 1.82 bits per heavy atom. The lowest BCUT2D eigenvalue weighted by molar-refractivity contribution is 0.0955. The maximum Gasteiger partial charge on any atom is 0.115 e. The predicted molar refractivity (Wildman–Crippen MR) is 138 cm³/mol. The van der Waals surface area contributed by atoms with E-state index in [4.69, 9.17) is 5.10 Å². The minimum absolute atomic E-state index is 0.180. The highest BCUT2D eigenvalue weighted by Gasteiger charge is 2.53. The molecule has 4 atom stereocenters. The summed E-state index contributed by atoms with van der Waals surface area (Å²) in [7, 11) is 0. The number of phenols is 1. The molecule has 174 valence electrons. The Labute approximate surface area is 198 Å². The van der Waals surface area contributed by atoms with Gasteiger partial charge in [-0.25, -0.2) is 0 Å². The summed E-state index contributed by atoms with van der Waals surface area (Å²) in [5, 5.41) is 19.3. The molecule has 0 saturated heterocycles. The Kier molecular flexibility index (Phi) is 6.03. The Balaban J connectivity index is 1.31. The zero-order chi connectivity index (χ0) is 23.0. The maximum absolute atomic E-state index is 9.90. The SMILES string of the molecule is CCN(CC)c1ccc(/C=N\N=C2\CC[C@@H]3[C@@H]4CCc5cc(O)ccc5[C@@H]4CC[C@]23C)cc1. The molecule has 5 rings (SSSR count). The minimum Gasteiger partial charge on any atom is -0.508 e. The van der Waals surface area contributed by atoms with E-state index in [0.29, 0.717) is 17.6 Å².